The van der Waals surface area contributed by atoms with E-state index in [1.165, 1.54) is 6.26 Å². The fraction of sp³-hybridized carbons (Fsp3) is 0.571. The summed E-state index contributed by atoms with van der Waals surface area (Å²) in [5, 5.41) is 0. The van der Waals surface area contributed by atoms with E-state index in [0.717, 1.165) is 11.1 Å². The quantitative estimate of drug-likeness (QED) is 0.898. The molecule has 1 aromatic rings. The number of rotatable bonds is 2. The molecule has 0 bridgehead atoms. The third kappa shape index (κ3) is 7.45. The summed E-state index contributed by atoms with van der Waals surface area (Å²) < 4.78 is 22.4. The first-order valence-corrected chi connectivity index (χ1v) is 7.84. The first kappa shape index (κ1) is 22.3. The van der Waals surface area contributed by atoms with E-state index in [0.29, 0.717) is 11.4 Å². The smallest absolute Gasteiger partial charge is 0.175 e. The Balaban J connectivity index is -0.000000409. The Hall–Kier alpha value is -0.870. The molecule has 0 radical (unpaired) electrons. The number of nitrogens with two attached hydrogens (primary N) is 1. The van der Waals surface area contributed by atoms with Gasteiger partial charge in [-0.25, -0.2) is 8.42 Å². The second-order valence-corrected chi connectivity index (χ2v) is 5.06. The average molecular weight is 275 g/mol. The average Bonchev–Trinajstić information content (AvgIpc) is 2.32. The standard InChI is InChI=1S/C9H13NO2S.2C2H6.CH4/c1-7-5-8(6-10)3-4-9(7)13(2,11)12;2*1-2;/h3-5H,6,10H2,1-2H3;2*1-2H3;1H4. The molecule has 4 heteroatoms. The lowest BCUT2D eigenvalue weighted by Crippen LogP contribution is -2.02. The molecule has 0 aliphatic rings. The summed E-state index contributed by atoms with van der Waals surface area (Å²) in [4.78, 5) is 0.379. The molecule has 0 saturated heterocycles. The van der Waals surface area contributed by atoms with Crippen molar-refractivity contribution < 1.29 is 8.42 Å². The fourth-order valence-electron chi connectivity index (χ4n) is 1.25. The normalized spacial score (nSPS) is 9.06. The van der Waals surface area contributed by atoms with Crippen molar-refractivity contribution >= 4 is 9.84 Å². The highest BCUT2D eigenvalue weighted by Gasteiger charge is 2.09. The van der Waals surface area contributed by atoms with Gasteiger partial charge in [0.2, 0.25) is 0 Å². The second-order valence-electron chi connectivity index (χ2n) is 3.08. The predicted octanol–water partition coefficient (Wildman–Crippen LogP) is 3.55. The molecule has 0 heterocycles. The van der Waals surface area contributed by atoms with E-state index in [-0.39, 0.29) is 7.43 Å². The maximum absolute atomic E-state index is 11.2. The molecule has 0 amide bonds. The first-order chi connectivity index (χ1) is 7.95. The van der Waals surface area contributed by atoms with Crippen molar-refractivity contribution in [3.63, 3.8) is 0 Å². The second kappa shape index (κ2) is 11.2. The molecule has 3 nitrogen and oxygen atoms in total. The Morgan fingerprint density at radius 2 is 1.56 bits per heavy atom. The van der Waals surface area contributed by atoms with Gasteiger partial charge >= 0.3 is 0 Å². The van der Waals surface area contributed by atoms with Crippen LogP contribution in [0.25, 0.3) is 0 Å². The van der Waals surface area contributed by atoms with Crippen LogP contribution in [0, 0.1) is 6.92 Å². The summed E-state index contributed by atoms with van der Waals surface area (Å²) in [6.07, 6.45) is 1.21. The van der Waals surface area contributed by atoms with Crippen LogP contribution in [0.5, 0.6) is 0 Å². The molecule has 0 spiro atoms. The number of sulfone groups is 1. The van der Waals surface area contributed by atoms with E-state index in [2.05, 4.69) is 0 Å². The van der Waals surface area contributed by atoms with Crippen LogP contribution >= 0.6 is 0 Å². The highest BCUT2D eigenvalue weighted by atomic mass is 32.2. The highest BCUT2D eigenvalue weighted by Crippen LogP contribution is 2.15. The predicted molar refractivity (Wildman–Crippen MR) is 81.6 cm³/mol. The Labute approximate surface area is 113 Å². The number of hydrogen-bond donors (Lipinski definition) is 1. The summed E-state index contributed by atoms with van der Waals surface area (Å²) in [5.74, 6) is 0. The third-order valence-corrected chi connectivity index (χ3v) is 3.13. The van der Waals surface area contributed by atoms with Gasteiger partial charge < -0.3 is 5.73 Å². The van der Waals surface area contributed by atoms with Crippen molar-refractivity contribution in [3.8, 4) is 0 Å². The van der Waals surface area contributed by atoms with Crippen LogP contribution in [0.4, 0.5) is 0 Å². The van der Waals surface area contributed by atoms with Crippen molar-refractivity contribution in [2.45, 2.75) is 53.5 Å². The van der Waals surface area contributed by atoms with Crippen molar-refractivity contribution in [3.05, 3.63) is 29.3 Å². The van der Waals surface area contributed by atoms with E-state index in [1.807, 2.05) is 27.7 Å². The number of benzene rings is 1. The van der Waals surface area contributed by atoms with Gasteiger partial charge in [0.1, 0.15) is 0 Å². The Morgan fingerprint density at radius 3 is 1.83 bits per heavy atom. The Bertz CT molecular complexity index is 412. The van der Waals surface area contributed by atoms with Crippen LogP contribution in [-0.2, 0) is 16.4 Å². The molecule has 108 valence electrons. The van der Waals surface area contributed by atoms with Crippen molar-refractivity contribution in [1.82, 2.24) is 0 Å². The van der Waals surface area contributed by atoms with Crippen LogP contribution in [0.1, 0.15) is 46.2 Å². The molecule has 0 aliphatic carbocycles. The van der Waals surface area contributed by atoms with E-state index in [1.54, 1.807) is 25.1 Å². The lowest BCUT2D eigenvalue weighted by Gasteiger charge is -2.04. The summed E-state index contributed by atoms with van der Waals surface area (Å²) in [5.41, 5.74) is 7.13. The van der Waals surface area contributed by atoms with Gasteiger partial charge in [0.05, 0.1) is 4.90 Å². The van der Waals surface area contributed by atoms with E-state index in [4.69, 9.17) is 5.73 Å². The zero-order valence-electron chi connectivity index (χ0n) is 11.7. The molecule has 0 aliphatic heterocycles. The number of hydrogen-bond acceptors (Lipinski definition) is 3. The molecule has 2 N–H and O–H groups in total. The molecule has 1 aromatic carbocycles. The molecule has 0 atom stereocenters. The largest absolute Gasteiger partial charge is 0.326 e. The van der Waals surface area contributed by atoms with Crippen LogP contribution in [-0.4, -0.2) is 14.7 Å². The minimum Gasteiger partial charge on any atom is -0.326 e. The van der Waals surface area contributed by atoms with Gasteiger partial charge in [-0.15, -0.1) is 0 Å². The summed E-state index contributed by atoms with van der Waals surface area (Å²) in [6, 6.07) is 5.15. The van der Waals surface area contributed by atoms with Crippen molar-refractivity contribution in [1.29, 1.82) is 0 Å². The van der Waals surface area contributed by atoms with Crippen molar-refractivity contribution in [2.24, 2.45) is 5.73 Å². The molecular weight excluding hydrogens is 246 g/mol. The van der Waals surface area contributed by atoms with Gasteiger partial charge in [-0.1, -0.05) is 47.3 Å². The SMILES string of the molecule is C.CC.CC.Cc1cc(CN)ccc1S(C)(=O)=O. The minimum absolute atomic E-state index is 0. The third-order valence-electron chi connectivity index (χ3n) is 1.87. The monoisotopic (exact) mass is 275 g/mol. The lowest BCUT2D eigenvalue weighted by atomic mass is 10.1. The summed E-state index contributed by atoms with van der Waals surface area (Å²) in [7, 11) is -3.10. The topological polar surface area (TPSA) is 60.2 Å². The van der Waals surface area contributed by atoms with Gasteiger partial charge in [0, 0.05) is 12.8 Å². The van der Waals surface area contributed by atoms with Crippen LogP contribution < -0.4 is 5.73 Å². The summed E-state index contributed by atoms with van der Waals surface area (Å²) in [6.45, 7) is 10.2. The van der Waals surface area contributed by atoms with Gasteiger partial charge in [-0.3, -0.25) is 0 Å². The van der Waals surface area contributed by atoms with E-state index in [9.17, 15) is 8.42 Å². The highest BCUT2D eigenvalue weighted by molar-refractivity contribution is 7.90. The van der Waals surface area contributed by atoms with Gasteiger partial charge in [0.15, 0.2) is 9.84 Å². The Morgan fingerprint density at radius 1 is 1.11 bits per heavy atom. The van der Waals surface area contributed by atoms with Crippen LogP contribution in [0.2, 0.25) is 0 Å². The van der Waals surface area contributed by atoms with Crippen LogP contribution in [0.15, 0.2) is 23.1 Å². The molecule has 18 heavy (non-hydrogen) atoms. The Kier molecular flexibility index (Phi) is 13.9. The fourth-order valence-corrected chi connectivity index (χ4v) is 2.21. The first-order valence-electron chi connectivity index (χ1n) is 5.95. The lowest BCUT2D eigenvalue weighted by molar-refractivity contribution is 0.601. The molecule has 0 saturated carbocycles. The van der Waals surface area contributed by atoms with E-state index >= 15 is 0 Å². The molecule has 0 fully saturated rings. The van der Waals surface area contributed by atoms with Gasteiger partial charge in [-0.2, -0.15) is 0 Å². The zero-order valence-corrected chi connectivity index (χ0v) is 12.6. The van der Waals surface area contributed by atoms with Crippen molar-refractivity contribution in [2.75, 3.05) is 6.26 Å². The van der Waals surface area contributed by atoms with Crippen LogP contribution in [0.3, 0.4) is 0 Å². The molecule has 1 rings (SSSR count). The van der Waals surface area contributed by atoms with Gasteiger partial charge in [0.25, 0.3) is 0 Å². The zero-order chi connectivity index (χ0) is 14.1. The molecular formula is C14H29NO2S. The molecule has 0 aromatic heterocycles. The molecule has 0 unspecified atom stereocenters. The maximum atomic E-state index is 11.2. The maximum Gasteiger partial charge on any atom is 0.175 e. The minimum atomic E-state index is -3.10. The van der Waals surface area contributed by atoms with Gasteiger partial charge in [-0.05, 0) is 24.1 Å². The summed E-state index contributed by atoms with van der Waals surface area (Å²) >= 11 is 0. The van der Waals surface area contributed by atoms with E-state index < -0.39 is 9.84 Å². The number of aryl methyl sites for hydroxylation is 1.